The number of hydrogen-bond donors (Lipinski definition) is 2. The van der Waals surface area contributed by atoms with E-state index in [4.69, 9.17) is 5.11 Å². The second kappa shape index (κ2) is 7.14. The SMILES string of the molecule is CC(C)(C)c1cc(-c2cc(O)ccc2CCC(=O)O)cc(C(C)(C)C)c1. The smallest absolute Gasteiger partial charge is 0.303 e. The number of phenolic OH excluding ortho intramolecular Hbond substituents is 1. The largest absolute Gasteiger partial charge is 0.508 e. The zero-order valence-corrected chi connectivity index (χ0v) is 16.7. The van der Waals surface area contributed by atoms with Crippen molar-refractivity contribution in [2.45, 2.75) is 65.2 Å². The maximum Gasteiger partial charge on any atom is 0.303 e. The lowest BCUT2D eigenvalue weighted by molar-refractivity contribution is -0.136. The van der Waals surface area contributed by atoms with E-state index in [0.29, 0.717) is 6.42 Å². The second-order valence-electron chi connectivity index (χ2n) is 9.03. The number of carbonyl (C=O) groups is 1. The van der Waals surface area contributed by atoms with Gasteiger partial charge in [0.15, 0.2) is 0 Å². The fourth-order valence-electron chi connectivity index (χ4n) is 2.94. The summed E-state index contributed by atoms with van der Waals surface area (Å²) in [5.41, 5.74) is 5.32. The maximum absolute atomic E-state index is 11.0. The van der Waals surface area contributed by atoms with Crippen molar-refractivity contribution in [2.75, 3.05) is 0 Å². The third-order valence-electron chi connectivity index (χ3n) is 4.68. The van der Waals surface area contributed by atoms with E-state index < -0.39 is 5.97 Å². The Balaban J connectivity index is 2.67. The Kier molecular flexibility index (Phi) is 5.50. The van der Waals surface area contributed by atoms with Crippen LogP contribution in [-0.4, -0.2) is 16.2 Å². The summed E-state index contributed by atoms with van der Waals surface area (Å²) < 4.78 is 0. The lowest BCUT2D eigenvalue weighted by Crippen LogP contribution is -2.16. The molecule has 26 heavy (non-hydrogen) atoms. The third-order valence-corrected chi connectivity index (χ3v) is 4.68. The van der Waals surface area contributed by atoms with Crippen molar-refractivity contribution in [3.63, 3.8) is 0 Å². The van der Waals surface area contributed by atoms with E-state index in [0.717, 1.165) is 16.7 Å². The van der Waals surface area contributed by atoms with Gasteiger partial charge in [-0.15, -0.1) is 0 Å². The van der Waals surface area contributed by atoms with Crippen LogP contribution in [0.15, 0.2) is 36.4 Å². The van der Waals surface area contributed by atoms with Crippen molar-refractivity contribution >= 4 is 5.97 Å². The summed E-state index contributed by atoms with van der Waals surface area (Å²) in [6.07, 6.45) is 0.512. The van der Waals surface area contributed by atoms with Gasteiger partial charge >= 0.3 is 5.97 Å². The lowest BCUT2D eigenvalue weighted by atomic mass is 9.78. The molecule has 0 saturated carbocycles. The average molecular weight is 354 g/mol. The van der Waals surface area contributed by atoms with Crippen LogP contribution in [0.5, 0.6) is 5.75 Å². The van der Waals surface area contributed by atoms with Crippen molar-refractivity contribution in [3.8, 4) is 16.9 Å². The highest BCUT2D eigenvalue weighted by Gasteiger charge is 2.21. The van der Waals surface area contributed by atoms with Crippen molar-refractivity contribution in [1.82, 2.24) is 0 Å². The average Bonchev–Trinajstić information content (AvgIpc) is 2.51. The van der Waals surface area contributed by atoms with Crippen LogP contribution in [0.1, 0.15) is 64.7 Å². The number of carboxylic acids is 1. The van der Waals surface area contributed by atoms with Crippen LogP contribution in [0.25, 0.3) is 11.1 Å². The molecule has 0 amide bonds. The van der Waals surface area contributed by atoms with Gasteiger partial charge in [0.25, 0.3) is 0 Å². The van der Waals surface area contributed by atoms with E-state index in [9.17, 15) is 9.90 Å². The minimum Gasteiger partial charge on any atom is -0.508 e. The summed E-state index contributed by atoms with van der Waals surface area (Å²) in [6, 6.07) is 11.8. The quantitative estimate of drug-likeness (QED) is 0.743. The molecule has 0 spiro atoms. The normalized spacial score (nSPS) is 12.2. The fourth-order valence-corrected chi connectivity index (χ4v) is 2.94. The van der Waals surface area contributed by atoms with Gasteiger partial charge in [-0.25, -0.2) is 0 Å². The highest BCUT2D eigenvalue weighted by Crippen LogP contribution is 2.36. The fraction of sp³-hybridized carbons (Fsp3) is 0.435. The number of hydrogen-bond acceptors (Lipinski definition) is 2. The molecule has 3 nitrogen and oxygen atoms in total. The summed E-state index contributed by atoms with van der Waals surface area (Å²) in [7, 11) is 0. The molecule has 0 atom stereocenters. The molecule has 2 N–H and O–H groups in total. The molecule has 0 aliphatic rings. The first-order valence-electron chi connectivity index (χ1n) is 9.08. The molecule has 0 unspecified atom stereocenters. The minimum atomic E-state index is -0.817. The maximum atomic E-state index is 11.0. The number of benzene rings is 2. The first-order chi connectivity index (χ1) is 11.9. The topological polar surface area (TPSA) is 57.5 Å². The van der Waals surface area contributed by atoms with Gasteiger partial charge in [0.2, 0.25) is 0 Å². The van der Waals surface area contributed by atoms with Crippen LogP contribution in [0.4, 0.5) is 0 Å². The van der Waals surface area contributed by atoms with Gasteiger partial charge in [0.05, 0.1) is 0 Å². The Labute approximate surface area is 156 Å². The first kappa shape index (κ1) is 20.0. The Morgan fingerprint density at radius 1 is 0.885 bits per heavy atom. The van der Waals surface area contributed by atoms with E-state index in [1.165, 1.54) is 11.1 Å². The van der Waals surface area contributed by atoms with Crippen LogP contribution < -0.4 is 0 Å². The van der Waals surface area contributed by atoms with Crippen molar-refractivity contribution in [3.05, 3.63) is 53.1 Å². The molecule has 140 valence electrons. The van der Waals surface area contributed by atoms with Crippen molar-refractivity contribution in [2.24, 2.45) is 0 Å². The van der Waals surface area contributed by atoms with Gasteiger partial charge in [-0.2, -0.15) is 0 Å². The molecule has 2 rings (SSSR count). The number of rotatable bonds is 4. The molecule has 0 aliphatic heterocycles. The molecule has 0 saturated heterocycles. The first-order valence-corrected chi connectivity index (χ1v) is 9.08. The third kappa shape index (κ3) is 4.87. The van der Waals surface area contributed by atoms with Crippen molar-refractivity contribution in [1.29, 1.82) is 0 Å². The van der Waals surface area contributed by atoms with Gasteiger partial charge in [-0.05, 0) is 57.2 Å². The predicted molar refractivity (Wildman–Crippen MR) is 107 cm³/mol. The second-order valence-corrected chi connectivity index (χ2v) is 9.03. The van der Waals surface area contributed by atoms with E-state index in [2.05, 4.69) is 59.7 Å². The predicted octanol–water partition coefficient (Wildman–Crippen LogP) is 5.67. The Bertz CT molecular complexity index is 773. The summed E-state index contributed by atoms with van der Waals surface area (Å²) in [4.78, 5) is 11.0. The van der Waals surface area contributed by atoms with Crippen LogP contribution in [-0.2, 0) is 22.0 Å². The number of carboxylic acid groups (broad SMARTS) is 1. The van der Waals surface area contributed by atoms with E-state index in [1.807, 2.05) is 6.07 Å². The van der Waals surface area contributed by atoms with Crippen LogP contribution in [0.2, 0.25) is 0 Å². The summed E-state index contributed by atoms with van der Waals surface area (Å²) in [5, 5.41) is 19.1. The van der Waals surface area contributed by atoms with E-state index >= 15 is 0 Å². The molecule has 0 radical (unpaired) electrons. The summed E-state index contributed by atoms with van der Waals surface area (Å²) in [5.74, 6) is -0.625. The number of aliphatic carboxylic acids is 1. The summed E-state index contributed by atoms with van der Waals surface area (Å²) >= 11 is 0. The molecule has 0 aliphatic carbocycles. The zero-order chi connectivity index (χ0) is 19.7. The standard InChI is InChI=1S/C23H30O3/c1-22(2,3)17-11-16(12-18(13-17)23(4,5)6)20-14-19(24)9-7-15(20)8-10-21(25)26/h7,9,11-14,24H,8,10H2,1-6H3,(H,25,26). The summed E-state index contributed by atoms with van der Waals surface area (Å²) in [6.45, 7) is 13.1. The van der Waals surface area contributed by atoms with Crippen LogP contribution in [0.3, 0.4) is 0 Å². The van der Waals surface area contributed by atoms with Gasteiger partial charge in [-0.1, -0.05) is 65.8 Å². The molecule has 0 heterocycles. The van der Waals surface area contributed by atoms with E-state index in [1.54, 1.807) is 12.1 Å². The van der Waals surface area contributed by atoms with Crippen molar-refractivity contribution < 1.29 is 15.0 Å². The zero-order valence-electron chi connectivity index (χ0n) is 16.7. The van der Waals surface area contributed by atoms with Gasteiger partial charge in [0.1, 0.15) is 5.75 Å². The van der Waals surface area contributed by atoms with E-state index in [-0.39, 0.29) is 23.0 Å². The molecular formula is C23H30O3. The van der Waals surface area contributed by atoms with Crippen LogP contribution >= 0.6 is 0 Å². The lowest BCUT2D eigenvalue weighted by Gasteiger charge is -2.26. The number of phenols is 1. The molecule has 0 aromatic heterocycles. The van der Waals surface area contributed by atoms with Crippen LogP contribution in [0, 0.1) is 0 Å². The highest BCUT2D eigenvalue weighted by molar-refractivity contribution is 5.73. The highest BCUT2D eigenvalue weighted by atomic mass is 16.4. The van der Waals surface area contributed by atoms with Gasteiger partial charge < -0.3 is 10.2 Å². The molecule has 2 aromatic rings. The van der Waals surface area contributed by atoms with Gasteiger partial charge in [-0.3, -0.25) is 4.79 Å². The Morgan fingerprint density at radius 3 is 1.88 bits per heavy atom. The molecule has 2 aromatic carbocycles. The molecular weight excluding hydrogens is 324 g/mol. The Hall–Kier alpha value is -2.29. The minimum absolute atomic E-state index is 0.00589. The monoisotopic (exact) mass is 354 g/mol. The Morgan fingerprint density at radius 2 is 1.42 bits per heavy atom. The molecule has 3 heteroatoms. The van der Waals surface area contributed by atoms with Gasteiger partial charge in [0, 0.05) is 6.42 Å². The molecule has 0 bridgehead atoms. The molecule has 0 fully saturated rings. The number of aromatic hydroxyl groups is 1. The number of aryl methyl sites for hydroxylation is 1.